The van der Waals surface area contributed by atoms with Crippen LogP contribution in [0.15, 0.2) is 59.2 Å². The molecule has 31 heavy (non-hydrogen) atoms. The third kappa shape index (κ3) is 4.28. The van der Waals surface area contributed by atoms with Crippen molar-refractivity contribution in [3.63, 3.8) is 0 Å². The Morgan fingerprint density at radius 3 is 2.58 bits per heavy atom. The lowest BCUT2D eigenvalue weighted by atomic mass is 10.1. The van der Waals surface area contributed by atoms with E-state index in [0.717, 1.165) is 5.56 Å². The molecule has 0 bridgehead atoms. The number of hydrogen-bond acceptors (Lipinski definition) is 3. The minimum absolute atomic E-state index is 0.145. The van der Waals surface area contributed by atoms with E-state index in [-0.39, 0.29) is 23.9 Å². The van der Waals surface area contributed by atoms with Gasteiger partial charge < -0.3 is 14.6 Å². The molecule has 1 N–H and O–H groups in total. The molecular formula is C23H21F2N3O3. The normalized spacial score (nSPS) is 14.1. The van der Waals surface area contributed by atoms with Gasteiger partial charge in [0.25, 0.3) is 5.91 Å². The van der Waals surface area contributed by atoms with Crippen LogP contribution in [0.3, 0.4) is 0 Å². The molecule has 1 saturated heterocycles. The molecule has 1 aliphatic heterocycles. The molecule has 0 spiro atoms. The van der Waals surface area contributed by atoms with Crippen LogP contribution in [-0.2, 0) is 6.54 Å². The molecule has 3 amide bonds. The van der Waals surface area contributed by atoms with Crippen LogP contribution in [0.2, 0.25) is 0 Å². The average molecular weight is 425 g/mol. The number of rotatable bonds is 5. The van der Waals surface area contributed by atoms with E-state index in [1.165, 1.54) is 34.3 Å². The highest BCUT2D eigenvalue weighted by Crippen LogP contribution is 2.31. The van der Waals surface area contributed by atoms with Gasteiger partial charge in [0.2, 0.25) is 0 Å². The summed E-state index contributed by atoms with van der Waals surface area (Å²) in [6.45, 7) is 2.50. The Kier molecular flexibility index (Phi) is 5.70. The quantitative estimate of drug-likeness (QED) is 0.629. The van der Waals surface area contributed by atoms with Gasteiger partial charge >= 0.3 is 6.03 Å². The molecule has 0 unspecified atom stereocenters. The number of furan rings is 1. The SMILES string of the molecule is Cc1ccc(N2CCCN(Cc3c(F)cccc3F)C2=O)c(NC(=O)c2ccco2)c1. The Morgan fingerprint density at radius 1 is 1.10 bits per heavy atom. The Hall–Kier alpha value is -3.68. The van der Waals surface area contributed by atoms with Gasteiger partial charge in [-0.25, -0.2) is 13.6 Å². The largest absolute Gasteiger partial charge is 0.459 e. The zero-order valence-electron chi connectivity index (χ0n) is 16.9. The van der Waals surface area contributed by atoms with Gasteiger partial charge in [0, 0.05) is 18.7 Å². The van der Waals surface area contributed by atoms with Crippen molar-refractivity contribution in [3.8, 4) is 0 Å². The number of carbonyl (C=O) groups is 2. The maximum Gasteiger partial charge on any atom is 0.324 e. The molecule has 1 aliphatic rings. The van der Waals surface area contributed by atoms with Crippen LogP contribution in [0.5, 0.6) is 0 Å². The fourth-order valence-electron chi connectivity index (χ4n) is 3.60. The van der Waals surface area contributed by atoms with Crippen molar-refractivity contribution < 1.29 is 22.8 Å². The van der Waals surface area contributed by atoms with Crippen molar-refractivity contribution in [2.24, 2.45) is 0 Å². The molecule has 4 rings (SSSR count). The van der Waals surface area contributed by atoms with Gasteiger partial charge in [-0.05, 0) is 55.3 Å². The second-order valence-electron chi connectivity index (χ2n) is 7.36. The van der Waals surface area contributed by atoms with Gasteiger partial charge in [-0.15, -0.1) is 0 Å². The maximum absolute atomic E-state index is 14.1. The van der Waals surface area contributed by atoms with E-state index in [9.17, 15) is 18.4 Å². The van der Waals surface area contributed by atoms with Crippen LogP contribution in [-0.4, -0.2) is 29.9 Å². The first kappa shape index (κ1) is 20.6. The minimum atomic E-state index is -0.688. The number of hydrogen-bond donors (Lipinski definition) is 1. The van der Waals surface area contributed by atoms with Crippen LogP contribution < -0.4 is 10.2 Å². The topological polar surface area (TPSA) is 65.8 Å². The predicted octanol–water partition coefficient (Wildman–Crippen LogP) is 4.95. The molecule has 3 aromatic rings. The minimum Gasteiger partial charge on any atom is -0.459 e. The van der Waals surface area contributed by atoms with Crippen molar-refractivity contribution in [3.05, 3.63) is 83.3 Å². The van der Waals surface area contributed by atoms with E-state index >= 15 is 0 Å². The summed E-state index contributed by atoms with van der Waals surface area (Å²) in [5.41, 5.74) is 1.71. The summed E-state index contributed by atoms with van der Waals surface area (Å²) in [5.74, 6) is -1.67. The number of halogens is 2. The summed E-state index contributed by atoms with van der Waals surface area (Å²) in [5, 5.41) is 2.79. The molecule has 0 radical (unpaired) electrons. The van der Waals surface area contributed by atoms with Crippen LogP contribution in [0.4, 0.5) is 25.0 Å². The summed E-state index contributed by atoms with van der Waals surface area (Å²) >= 11 is 0. The fraction of sp³-hybridized carbons (Fsp3) is 0.217. The molecule has 160 valence electrons. The van der Waals surface area contributed by atoms with Crippen molar-refractivity contribution in [1.82, 2.24) is 4.90 Å². The summed E-state index contributed by atoms with van der Waals surface area (Å²) in [6.07, 6.45) is 2.02. The first-order valence-electron chi connectivity index (χ1n) is 9.89. The third-order valence-corrected chi connectivity index (χ3v) is 5.16. The summed E-state index contributed by atoms with van der Waals surface area (Å²) < 4.78 is 33.3. The van der Waals surface area contributed by atoms with Gasteiger partial charge in [-0.2, -0.15) is 0 Å². The van der Waals surface area contributed by atoms with Crippen LogP contribution in [0.25, 0.3) is 0 Å². The van der Waals surface area contributed by atoms with Crippen LogP contribution >= 0.6 is 0 Å². The molecule has 0 atom stereocenters. The summed E-state index contributed by atoms with van der Waals surface area (Å²) in [6, 6.07) is 11.8. The van der Waals surface area contributed by atoms with Crippen molar-refractivity contribution >= 4 is 23.3 Å². The molecular weight excluding hydrogens is 404 g/mol. The Labute approximate surface area is 178 Å². The monoisotopic (exact) mass is 425 g/mol. The standard InChI is InChI=1S/C23H21F2N3O3/c1-15-8-9-20(19(13-15)26-22(29)21-7-3-12-31-21)28-11-4-10-27(23(28)30)14-16-17(24)5-2-6-18(16)25/h2-3,5-9,12-13H,4,10-11,14H2,1H3,(H,26,29). The summed E-state index contributed by atoms with van der Waals surface area (Å²) in [7, 11) is 0. The molecule has 2 heterocycles. The first-order chi connectivity index (χ1) is 14.9. The van der Waals surface area contributed by atoms with Crippen molar-refractivity contribution in [2.45, 2.75) is 19.9 Å². The van der Waals surface area contributed by atoms with E-state index in [1.807, 2.05) is 13.0 Å². The van der Waals surface area contributed by atoms with E-state index in [4.69, 9.17) is 4.42 Å². The molecule has 0 saturated carbocycles. The number of benzene rings is 2. The number of nitrogens with one attached hydrogen (secondary N) is 1. The maximum atomic E-state index is 14.1. The second-order valence-corrected chi connectivity index (χ2v) is 7.36. The first-order valence-corrected chi connectivity index (χ1v) is 9.89. The van der Waals surface area contributed by atoms with Crippen LogP contribution in [0, 0.1) is 18.6 Å². The van der Waals surface area contributed by atoms with Gasteiger partial charge in [0.05, 0.1) is 24.2 Å². The fourth-order valence-corrected chi connectivity index (χ4v) is 3.60. The van der Waals surface area contributed by atoms with Crippen molar-refractivity contribution in [2.75, 3.05) is 23.3 Å². The van der Waals surface area contributed by atoms with Gasteiger partial charge in [-0.3, -0.25) is 9.69 Å². The van der Waals surface area contributed by atoms with E-state index in [2.05, 4.69) is 5.32 Å². The van der Waals surface area contributed by atoms with Gasteiger partial charge in [0.1, 0.15) is 11.6 Å². The lowest BCUT2D eigenvalue weighted by molar-refractivity contribution is 0.0996. The molecule has 2 aromatic carbocycles. The highest BCUT2D eigenvalue weighted by Gasteiger charge is 2.30. The number of aryl methyl sites for hydroxylation is 1. The summed E-state index contributed by atoms with van der Waals surface area (Å²) in [4.78, 5) is 28.6. The van der Waals surface area contributed by atoms with E-state index in [1.54, 1.807) is 24.3 Å². The Bertz CT molecular complexity index is 1100. The molecule has 8 heteroatoms. The van der Waals surface area contributed by atoms with Gasteiger partial charge in [0.15, 0.2) is 5.76 Å². The zero-order valence-corrected chi connectivity index (χ0v) is 16.9. The Balaban J connectivity index is 1.60. The van der Waals surface area contributed by atoms with E-state index in [0.29, 0.717) is 30.9 Å². The highest BCUT2D eigenvalue weighted by molar-refractivity contribution is 6.06. The number of anilines is 2. The predicted molar refractivity (Wildman–Crippen MR) is 112 cm³/mol. The lowest BCUT2D eigenvalue weighted by Gasteiger charge is -2.36. The molecule has 1 fully saturated rings. The zero-order chi connectivity index (χ0) is 22.0. The number of urea groups is 1. The molecule has 6 nitrogen and oxygen atoms in total. The van der Waals surface area contributed by atoms with Crippen molar-refractivity contribution in [1.29, 1.82) is 0 Å². The smallest absolute Gasteiger partial charge is 0.324 e. The Morgan fingerprint density at radius 2 is 1.87 bits per heavy atom. The molecule has 0 aliphatic carbocycles. The number of carbonyl (C=O) groups excluding carboxylic acids is 2. The number of nitrogens with zero attached hydrogens (tertiary/aromatic N) is 2. The third-order valence-electron chi connectivity index (χ3n) is 5.16. The second kappa shape index (κ2) is 8.59. The molecule has 1 aromatic heterocycles. The lowest BCUT2D eigenvalue weighted by Crippen LogP contribution is -2.49. The van der Waals surface area contributed by atoms with E-state index < -0.39 is 17.5 Å². The van der Waals surface area contributed by atoms with Crippen LogP contribution in [0.1, 0.15) is 28.1 Å². The highest BCUT2D eigenvalue weighted by atomic mass is 19.1. The number of amides is 3. The average Bonchev–Trinajstić information content (AvgIpc) is 3.28. The van der Waals surface area contributed by atoms with Gasteiger partial charge in [-0.1, -0.05) is 12.1 Å².